The zero-order valence-electron chi connectivity index (χ0n) is 5.87. The summed E-state index contributed by atoms with van der Waals surface area (Å²) in [5, 5.41) is 0. The summed E-state index contributed by atoms with van der Waals surface area (Å²) in [6.45, 7) is 0. The van der Waals surface area contributed by atoms with E-state index in [1.807, 2.05) is 0 Å². The van der Waals surface area contributed by atoms with E-state index in [4.69, 9.17) is 25.8 Å². The van der Waals surface area contributed by atoms with Crippen LogP contribution in [0.4, 0.5) is 0 Å². The van der Waals surface area contributed by atoms with Gasteiger partial charge in [-0.25, -0.2) is 0 Å². The van der Waals surface area contributed by atoms with Gasteiger partial charge in [0, 0.05) is 0 Å². The van der Waals surface area contributed by atoms with Crippen molar-refractivity contribution in [2.75, 3.05) is 0 Å². The molecule has 0 aliphatic carbocycles. The van der Waals surface area contributed by atoms with Crippen LogP contribution < -0.4 is 0 Å². The van der Waals surface area contributed by atoms with Crippen molar-refractivity contribution in [1.29, 1.82) is 0 Å². The monoisotopic (exact) mass is 340 g/mol. The quantitative estimate of drug-likeness (QED) is 0.296. The zero-order chi connectivity index (χ0) is 12.2. The van der Waals surface area contributed by atoms with Crippen LogP contribution in [0.5, 0.6) is 0 Å². The van der Waals surface area contributed by atoms with Gasteiger partial charge in [0.05, 0.1) is 0 Å². The molecule has 0 unspecified atom stereocenters. The van der Waals surface area contributed by atoms with Gasteiger partial charge in [-0.1, -0.05) is 0 Å². The van der Waals surface area contributed by atoms with Crippen LogP contribution in [0.15, 0.2) is 0 Å². The van der Waals surface area contributed by atoms with Gasteiger partial charge in [0.15, 0.2) is 0 Å². The first-order valence-corrected chi connectivity index (χ1v) is 7.72. The molecule has 0 aromatic heterocycles. The fraction of sp³-hybridized carbons (Fsp3) is 0. The Balaban J connectivity index is -0.000000208. The van der Waals surface area contributed by atoms with Gasteiger partial charge in [-0.3, -0.25) is 9.11 Å². The van der Waals surface area contributed by atoms with Gasteiger partial charge in [0.2, 0.25) is 0 Å². The van der Waals surface area contributed by atoms with E-state index in [1.54, 1.807) is 0 Å². The predicted octanol–water partition coefficient (Wildman–Crippen LogP) is -2.96. The molecule has 0 aliphatic rings. The molecule has 4 N–H and O–H groups in total. The summed E-state index contributed by atoms with van der Waals surface area (Å²) in [6, 6.07) is 0. The van der Waals surface area contributed by atoms with E-state index >= 15 is 0 Å². The Kier molecular flexibility index (Phi) is 10.5. The summed E-state index contributed by atoms with van der Waals surface area (Å²) >= 11 is -11.5. The van der Waals surface area contributed by atoms with Gasteiger partial charge < -0.3 is 0 Å². The van der Waals surface area contributed by atoms with Gasteiger partial charge in [-0.05, 0) is 0 Å². The van der Waals surface area contributed by atoms with Crippen molar-refractivity contribution < 1.29 is 71.1 Å². The minimum absolute atomic E-state index is 0. The molecule has 0 amide bonds. The molecule has 0 rings (SSSR count). The van der Waals surface area contributed by atoms with E-state index in [0.29, 0.717) is 0 Å². The van der Waals surface area contributed by atoms with Gasteiger partial charge >= 0.3 is 93.6 Å². The maximum absolute atomic E-state index is 9.53. The van der Waals surface area contributed by atoms with Crippen LogP contribution in [0.1, 0.15) is 0 Å². The molecule has 90 valence electrons. The zero-order valence-corrected chi connectivity index (χ0v) is 9.24. The molecular formula is H5Cr2NaO11S. The molecule has 0 bridgehead atoms. The Hall–Kier alpha value is 1.01. The Morgan fingerprint density at radius 3 is 1.00 bits per heavy atom. The molecule has 0 atom stereocenters. The van der Waals surface area contributed by atoms with E-state index in [9.17, 15) is 15.2 Å². The number of hydrogen-bond donors (Lipinski definition) is 4. The Bertz CT molecular complexity index is 411. The second-order valence-corrected chi connectivity index (χ2v) is 6.03. The van der Waals surface area contributed by atoms with Crippen LogP contribution in [0.3, 0.4) is 0 Å². The van der Waals surface area contributed by atoms with Crippen LogP contribution in [-0.2, 0) is 55.7 Å². The summed E-state index contributed by atoms with van der Waals surface area (Å²) in [7, 11) is -4.67. The molecule has 15 heteroatoms. The van der Waals surface area contributed by atoms with Crippen molar-refractivity contribution in [3.05, 3.63) is 0 Å². The molecule has 15 heavy (non-hydrogen) atoms. The van der Waals surface area contributed by atoms with Crippen molar-refractivity contribution in [1.82, 2.24) is 0 Å². The van der Waals surface area contributed by atoms with Gasteiger partial charge in [-0.15, -0.1) is 0 Å². The van der Waals surface area contributed by atoms with Crippen LogP contribution in [-0.4, -0.2) is 55.4 Å². The fourth-order valence-electron chi connectivity index (χ4n) is 0.109. The summed E-state index contributed by atoms with van der Waals surface area (Å²) < 4.78 is 87.8. The van der Waals surface area contributed by atoms with E-state index in [1.165, 1.54) is 0 Å². The molecule has 0 heterocycles. The average Bonchev–Trinajstić information content (AvgIpc) is 1.42. The van der Waals surface area contributed by atoms with Crippen LogP contribution in [0.2, 0.25) is 0 Å². The number of rotatable bonds is 2. The van der Waals surface area contributed by atoms with Crippen LogP contribution in [0, 0.1) is 0 Å². The van der Waals surface area contributed by atoms with E-state index in [2.05, 4.69) is 2.84 Å². The van der Waals surface area contributed by atoms with Crippen molar-refractivity contribution in [2.45, 2.75) is 0 Å². The van der Waals surface area contributed by atoms with Crippen LogP contribution >= 0.6 is 0 Å². The molecule has 11 nitrogen and oxygen atoms in total. The van der Waals surface area contributed by atoms with Crippen molar-refractivity contribution >= 4 is 40.0 Å². The second-order valence-electron chi connectivity index (χ2n) is 1.37. The summed E-state index contributed by atoms with van der Waals surface area (Å²) in [5.41, 5.74) is 0. The third kappa shape index (κ3) is 51.7. The van der Waals surface area contributed by atoms with E-state index in [0.717, 1.165) is 0 Å². The van der Waals surface area contributed by atoms with E-state index < -0.39 is 37.6 Å². The first-order chi connectivity index (χ1) is 5.71. The molecule has 0 aromatic carbocycles. The Morgan fingerprint density at radius 1 is 0.867 bits per heavy atom. The van der Waals surface area contributed by atoms with Gasteiger partial charge in [0.25, 0.3) is 0 Å². The molecular weight excluding hydrogens is 335 g/mol. The summed E-state index contributed by atoms with van der Waals surface area (Å²) in [6.07, 6.45) is 0. The van der Waals surface area contributed by atoms with E-state index in [-0.39, 0.29) is 29.6 Å². The molecule has 0 aliphatic heterocycles. The standard InChI is InChI=1S/2Cr.Na.H2O4S.2H2O.5O.H/c;;;1-5(2,3)4;;;;;;;;/h;;;(H2,1,2,3,4);2*1H2;;;;;;/q2*+1;;;;;;;;;;/p-2. The molecule has 0 saturated carbocycles. The second kappa shape index (κ2) is 7.36. The molecule has 0 radical (unpaired) electrons. The summed E-state index contributed by atoms with van der Waals surface area (Å²) in [4.78, 5) is 0. The molecule has 0 aromatic rings. The van der Waals surface area contributed by atoms with Crippen molar-refractivity contribution in [2.24, 2.45) is 0 Å². The van der Waals surface area contributed by atoms with Gasteiger partial charge in [-0.2, -0.15) is 8.42 Å². The molecule has 0 spiro atoms. The third-order valence-electron chi connectivity index (χ3n) is 0.172. The molecule has 0 fully saturated rings. The van der Waals surface area contributed by atoms with Crippen molar-refractivity contribution in [3.63, 3.8) is 0 Å². The SMILES string of the molecule is O=S(=O)(O)O.[NaH].[O]=[Cr](=[O])([OH])[O][Cr](=[O])(=[O])[OH]. The topological polar surface area (TPSA) is 193 Å². The normalized spacial score (nSPS) is 12.0. The fourth-order valence-corrected chi connectivity index (χ4v) is 1.85. The Morgan fingerprint density at radius 2 is 1.00 bits per heavy atom. The third-order valence-corrected chi connectivity index (χ3v) is 2.92. The van der Waals surface area contributed by atoms with Crippen LogP contribution in [0.25, 0.3) is 0 Å². The first kappa shape index (κ1) is 21.3. The average molecular weight is 340 g/mol. The Labute approximate surface area is 110 Å². The first-order valence-electron chi connectivity index (χ1n) is 2.06. The van der Waals surface area contributed by atoms with Crippen molar-refractivity contribution in [3.8, 4) is 0 Å². The number of hydrogen-bond acceptors (Lipinski definition) is 7. The molecule has 0 saturated heterocycles. The summed E-state index contributed by atoms with van der Waals surface area (Å²) in [5.74, 6) is 0. The maximum atomic E-state index is 9.53. The predicted molar refractivity (Wildman–Crippen MR) is 29.6 cm³/mol. The van der Waals surface area contributed by atoms with Gasteiger partial charge in [0.1, 0.15) is 0 Å². The minimum atomic E-state index is -5.76.